The number of fused-ring (bicyclic) bond motifs is 1. The van der Waals surface area contributed by atoms with Gasteiger partial charge in [-0.2, -0.15) is 11.8 Å². The van der Waals surface area contributed by atoms with Crippen molar-refractivity contribution in [3.05, 3.63) is 36.0 Å². The highest BCUT2D eigenvalue weighted by atomic mass is 32.2. The van der Waals surface area contributed by atoms with E-state index >= 15 is 0 Å². The molecule has 96 valence electrons. The van der Waals surface area contributed by atoms with Crippen LogP contribution in [-0.4, -0.2) is 22.6 Å². The van der Waals surface area contributed by atoms with Gasteiger partial charge in [-0.25, -0.2) is 0 Å². The predicted molar refractivity (Wildman–Crippen MR) is 80.2 cm³/mol. The third-order valence-corrected chi connectivity index (χ3v) is 4.14. The second-order valence-electron chi connectivity index (χ2n) is 5.05. The minimum atomic E-state index is 0.781. The number of nitrogens with zero attached hydrogens (tertiary/aromatic N) is 1. The van der Waals surface area contributed by atoms with Gasteiger partial charge >= 0.3 is 0 Å². The standard InChI is InChI=1S/C15H20N2S/c1-18-9-8-17-7-6-13-3-2-12(10-15(13)17)11-16-14-4-5-14/h2-3,6-7,10,14,16H,4-5,8-9,11H2,1H3. The summed E-state index contributed by atoms with van der Waals surface area (Å²) in [6, 6.07) is 9.83. The van der Waals surface area contributed by atoms with Crippen molar-refractivity contribution in [2.24, 2.45) is 0 Å². The summed E-state index contributed by atoms with van der Waals surface area (Å²) < 4.78 is 2.37. The Morgan fingerprint density at radius 1 is 1.33 bits per heavy atom. The Morgan fingerprint density at radius 2 is 2.22 bits per heavy atom. The summed E-state index contributed by atoms with van der Waals surface area (Å²) in [6.45, 7) is 2.11. The van der Waals surface area contributed by atoms with Crippen molar-refractivity contribution in [3.8, 4) is 0 Å². The average molecular weight is 260 g/mol. The van der Waals surface area contributed by atoms with E-state index in [2.05, 4.69) is 46.6 Å². The Labute approximate surface area is 113 Å². The number of nitrogens with one attached hydrogen (secondary N) is 1. The topological polar surface area (TPSA) is 17.0 Å². The normalized spacial score (nSPS) is 15.4. The first kappa shape index (κ1) is 12.1. The van der Waals surface area contributed by atoms with E-state index in [9.17, 15) is 0 Å². The highest BCUT2D eigenvalue weighted by Crippen LogP contribution is 2.21. The minimum Gasteiger partial charge on any atom is -0.347 e. The lowest BCUT2D eigenvalue weighted by atomic mass is 10.1. The van der Waals surface area contributed by atoms with E-state index in [0.717, 1.165) is 19.1 Å². The number of hydrogen-bond acceptors (Lipinski definition) is 2. The second kappa shape index (κ2) is 5.37. The van der Waals surface area contributed by atoms with Gasteiger partial charge < -0.3 is 9.88 Å². The van der Waals surface area contributed by atoms with Crippen LogP contribution in [0.25, 0.3) is 10.9 Å². The van der Waals surface area contributed by atoms with Gasteiger partial charge in [0.1, 0.15) is 0 Å². The Balaban J connectivity index is 1.78. The zero-order valence-electron chi connectivity index (χ0n) is 10.9. The molecule has 0 amide bonds. The number of thioether (sulfide) groups is 1. The molecule has 0 atom stereocenters. The number of benzene rings is 1. The van der Waals surface area contributed by atoms with Gasteiger partial charge in [-0.3, -0.25) is 0 Å². The summed E-state index contributed by atoms with van der Waals surface area (Å²) in [5.74, 6) is 1.17. The summed E-state index contributed by atoms with van der Waals surface area (Å²) >= 11 is 1.90. The van der Waals surface area contributed by atoms with Crippen LogP contribution in [0, 0.1) is 0 Å². The zero-order chi connectivity index (χ0) is 12.4. The summed E-state index contributed by atoms with van der Waals surface area (Å²) in [6.07, 6.45) is 7.08. The van der Waals surface area contributed by atoms with Gasteiger partial charge in [-0.15, -0.1) is 0 Å². The lowest BCUT2D eigenvalue weighted by molar-refractivity contribution is 0.688. The summed E-state index contributed by atoms with van der Waals surface area (Å²) in [7, 11) is 0. The number of rotatable bonds is 6. The Kier molecular flexibility index (Phi) is 3.62. The molecular weight excluding hydrogens is 240 g/mol. The fourth-order valence-electron chi connectivity index (χ4n) is 2.27. The largest absolute Gasteiger partial charge is 0.347 e. The van der Waals surface area contributed by atoms with E-state index in [4.69, 9.17) is 0 Å². The molecule has 1 aliphatic rings. The van der Waals surface area contributed by atoms with Crippen molar-refractivity contribution in [3.63, 3.8) is 0 Å². The second-order valence-corrected chi connectivity index (χ2v) is 6.04. The molecule has 1 aliphatic carbocycles. The molecule has 0 bridgehead atoms. The van der Waals surface area contributed by atoms with E-state index in [1.54, 1.807) is 0 Å². The Morgan fingerprint density at radius 3 is 3.00 bits per heavy atom. The molecule has 3 rings (SSSR count). The lowest BCUT2D eigenvalue weighted by Crippen LogP contribution is -2.15. The van der Waals surface area contributed by atoms with Gasteiger partial charge in [-0.1, -0.05) is 12.1 Å². The average Bonchev–Trinajstić information content (AvgIpc) is 3.14. The molecule has 0 spiro atoms. The fourth-order valence-corrected chi connectivity index (χ4v) is 2.65. The van der Waals surface area contributed by atoms with E-state index in [1.807, 2.05) is 11.8 Å². The maximum Gasteiger partial charge on any atom is 0.0483 e. The van der Waals surface area contributed by atoms with E-state index < -0.39 is 0 Å². The van der Waals surface area contributed by atoms with Crippen LogP contribution in [0.1, 0.15) is 18.4 Å². The van der Waals surface area contributed by atoms with Crippen LogP contribution in [0.5, 0.6) is 0 Å². The molecule has 1 heterocycles. The molecule has 2 aromatic rings. The molecule has 1 N–H and O–H groups in total. The van der Waals surface area contributed by atoms with Crippen LogP contribution in [-0.2, 0) is 13.1 Å². The Bertz CT molecular complexity index is 528. The van der Waals surface area contributed by atoms with Crippen molar-refractivity contribution in [2.75, 3.05) is 12.0 Å². The number of hydrogen-bond donors (Lipinski definition) is 1. The molecule has 1 aromatic heterocycles. The first-order valence-electron chi connectivity index (χ1n) is 6.67. The van der Waals surface area contributed by atoms with Crippen LogP contribution < -0.4 is 5.32 Å². The van der Waals surface area contributed by atoms with Crippen LogP contribution >= 0.6 is 11.8 Å². The molecule has 18 heavy (non-hydrogen) atoms. The maximum absolute atomic E-state index is 3.58. The van der Waals surface area contributed by atoms with Gasteiger partial charge in [0.25, 0.3) is 0 Å². The van der Waals surface area contributed by atoms with Crippen LogP contribution in [0.3, 0.4) is 0 Å². The van der Waals surface area contributed by atoms with Crippen LogP contribution in [0.4, 0.5) is 0 Å². The quantitative estimate of drug-likeness (QED) is 0.858. The smallest absolute Gasteiger partial charge is 0.0483 e. The van der Waals surface area contributed by atoms with E-state index in [0.29, 0.717) is 0 Å². The van der Waals surface area contributed by atoms with Crippen molar-refractivity contribution < 1.29 is 0 Å². The number of aromatic nitrogens is 1. The lowest BCUT2D eigenvalue weighted by Gasteiger charge is -2.07. The molecule has 1 aromatic carbocycles. The van der Waals surface area contributed by atoms with Crippen molar-refractivity contribution >= 4 is 22.7 Å². The molecule has 1 fully saturated rings. The van der Waals surface area contributed by atoms with Gasteiger partial charge in [0, 0.05) is 36.6 Å². The molecule has 3 heteroatoms. The summed E-state index contributed by atoms with van der Waals surface area (Å²) in [5, 5.41) is 4.93. The van der Waals surface area contributed by atoms with E-state index in [-0.39, 0.29) is 0 Å². The third kappa shape index (κ3) is 2.73. The highest BCUT2D eigenvalue weighted by Gasteiger charge is 2.19. The van der Waals surface area contributed by atoms with E-state index in [1.165, 1.54) is 35.1 Å². The predicted octanol–water partition coefficient (Wildman–Crippen LogP) is 3.26. The van der Waals surface area contributed by atoms with Gasteiger partial charge in [-0.05, 0) is 42.2 Å². The summed E-state index contributed by atoms with van der Waals surface area (Å²) in [5.41, 5.74) is 2.78. The first-order valence-corrected chi connectivity index (χ1v) is 8.06. The zero-order valence-corrected chi connectivity index (χ0v) is 11.7. The molecule has 1 saturated carbocycles. The molecule has 0 unspecified atom stereocenters. The van der Waals surface area contributed by atoms with Gasteiger partial charge in [0.05, 0.1) is 0 Å². The van der Waals surface area contributed by atoms with Crippen molar-refractivity contribution in [2.45, 2.75) is 32.0 Å². The monoisotopic (exact) mass is 260 g/mol. The van der Waals surface area contributed by atoms with Crippen LogP contribution in [0.15, 0.2) is 30.5 Å². The number of aryl methyl sites for hydroxylation is 1. The highest BCUT2D eigenvalue weighted by molar-refractivity contribution is 7.98. The minimum absolute atomic E-state index is 0.781. The van der Waals surface area contributed by atoms with Gasteiger partial charge in [0.2, 0.25) is 0 Å². The third-order valence-electron chi connectivity index (χ3n) is 3.55. The molecule has 2 nitrogen and oxygen atoms in total. The molecule has 0 radical (unpaired) electrons. The van der Waals surface area contributed by atoms with Crippen molar-refractivity contribution in [1.29, 1.82) is 0 Å². The molecular formula is C15H20N2S. The molecule has 0 saturated heterocycles. The Hall–Kier alpha value is -0.930. The maximum atomic E-state index is 3.58. The van der Waals surface area contributed by atoms with Crippen LogP contribution in [0.2, 0.25) is 0 Å². The summed E-state index contributed by atoms with van der Waals surface area (Å²) in [4.78, 5) is 0. The SMILES string of the molecule is CSCCn1ccc2ccc(CNC3CC3)cc21. The molecule has 0 aliphatic heterocycles. The van der Waals surface area contributed by atoms with Gasteiger partial charge in [0.15, 0.2) is 0 Å². The van der Waals surface area contributed by atoms with Crippen molar-refractivity contribution in [1.82, 2.24) is 9.88 Å². The fraction of sp³-hybridized carbons (Fsp3) is 0.467. The first-order chi connectivity index (χ1) is 8.86.